The number of nitrogens with one attached hydrogen (secondary N) is 1. The average molecular weight is 209 g/mol. The fraction of sp³-hybridized carbons (Fsp3) is 0.400. The first-order valence-electron chi connectivity index (χ1n) is 4.67. The van der Waals surface area contributed by atoms with Crippen LogP contribution in [0, 0.1) is 0 Å². The lowest BCUT2D eigenvalue weighted by Crippen LogP contribution is -2.43. The lowest BCUT2D eigenvalue weighted by molar-refractivity contribution is 0.0900. The number of carbonyl (C=O) groups excluding carboxylic acids is 1. The number of hydrogen-bond donors (Lipinski definition) is 2. The van der Waals surface area contributed by atoms with Crippen molar-refractivity contribution in [1.82, 2.24) is 10.3 Å². The molecule has 0 spiro atoms. The highest BCUT2D eigenvalue weighted by molar-refractivity contribution is 5.94. The van der Waals surface area contributed by atoms with Gasteiger partial charge in [-0.3, -0.25) is 9.78 Å². The molecule has 3 N–H and O–H groups in total. The molecule has 1 atom stereocenters. The van der Waals surface area contributed by atoms with Gasteiger partial charge in [-0.2, -0.15) is 0 Å². The second-order valence-electron chi connectivity index (χ2n) is 3.10. The number of methoxy groups -OCH3 is 1. The van der Waals surface area contributed by atoms with Crippen molar-refractivity contribution in [3.05, 3.63) is 30.1 Å². The van der Waals surface area contributed by atoms with E-state index in [1.165, 1.54) is 6.20 Å². The smallest absolute Gasteiger partial charge is 0.253 e. The molecule has 0 aliphatic heterocycles. The molecule has 0 radical (unpaired) electrons. The van der Waals surface area contributed by atoms with Gasteiger partial charge in [-0.25, -0.2) is 0 Å². The summed E-state index contributed by atoms with van der Waals surface area (Å²) in [5.41, 5.74) is 6.00. The topological polar surface area (TPSA) is 77.2 Å². The molecule has 0 aliphatic rings. The first-order chi connectivity index (χ1) is 7.27. The zero-order valence-corrected chi connectivity index (χ0v) is 8.64. The summed E-state index contributed by atoms with van der Waals surface area (Å²) in [6.45, 7) is 0.752. The molecule has 1 amide bonds. The summed E-state index contributed by atoms with van der Waals surface area (Å²) in [7, 11) is 1.57. The SMILES string of the molecule is COCC(CN)NC(=O)c1cccnc1. The summed E-state index contributed by atoms with van der Waals surface area (Å²) < 4.78 is 4.92. The van der Waals surface area contributed by atoms with Gasteiger partial charge in [-0.1, -0.05) is 0 Å². The second kappa shape index (κ2) is 6.10. The van der Waals surface area contributed by atoms with E-state index in [0.29, 0.717) is 18.7 Å². The Kier molecular flexibility index (Phi) is 4.73. The summed E-state index contributed by atoms with van der Waals surface area (Å²) in [5.74, 6) is -0.185. The van der Waals surface area contributed by atoms with E-state index in [0.717, 1.165) is 0 Å². The van der Waals surface area contributed by atoms with Crippen molar-refractivity contribution in [2.24, 2.45) is 5.73 Å². The molecule has 0 bridgehead atoms. The van der Waals surface area contributed by atoms with Gasteiger partial charge in [-0.05, 0) is 12.1 Å². The lowest BCUT2D eigenvalue weighted by Gasteiger charge is -2.15. The maximum absolute atomic E-state index is 11.6. The first kappa shape index (κ1) is 11.6. The highest BCUT2D eigenvalue weighted by atomic mass is 16.5. The van der Waals surface area contributed by atoms with Crippen LogP contribution in [0.2, 0.25) is 0 Å². The van der Waals surface area contributed by atoms with E-state index in [1.807, 2.05) is 0 Å². The van der Waals surface area contributed by atoms with Crippen LogP contribution in [0.15, 0.2) is 24.5 Å². The summed E-state index contributed by atoms with van der Waals surface area (Å²) in [6, 6.07) is 3.24. The van der Waals surface area contributed by atoms with Crippen LogP contribution in [-0.4, -0.2) is 37.2 Å². The number of nitrogens with zero attached hydrogens (tertiary/aromatic N) is 1. The molecule has 5 heteroatoms. The second-order valence-corrected chi connectivity index (χ2v) is 3.10. The van der Waals surface area contributed by atoms with E-state index < -0.39 is 0 Å². The van der Waals surface area contributed by atoms with E-state index in [-0.39, 0.29) is 11.9 Å². The van der Waals surface area contributed by atoms with E-state index in [4.69, 9.17) is 10.5 Å². The van der Waals surface area contributed by atoms with Crippen molar-refractivity contribution in [3.63, 3.8) is 0 Å². The molecule has 5 nitrogen and oxygen atoms in total. The monoisotopic (exact) mass is 209 g/mol. The third kappa shape index (κ3) is 3.65. The molecular weight excluding hydrogens is 194 g/mol. The molecule has 0 fully saturated rings. The molecule has 0 saturated carbocycles. The van der Waals surface area contributed by atoms with Gasteiger partial charge in [0.2, 0.25) is 0 Å². The van der Waals surface area contributed by atoms with Crippen LogP contribution in [0.1, 0.15) is 10.4 Å². The summed E-state index contributed by atoms with van der Waals surface area (Å²) >= 11 is 0. The predicted octanol–water partition coefficient (Wildman–Crippen LogP) is -0.215. The van der Waals surface area contributed by atoms with Gasteiger partial charge in [0.15, 0.2) is 0 Å². The molecule has 15 heavy (non-hydrogen) atoms. The van der Waals surface area contributed by atoms with Crippen LogP contribution in [0.3, 0.4) is 0 Å². The fourth-order valence-corrected chi connectivity index (χ4v) is 1.14. The fourth-order valence-electron chi connectivity index (χ4n) is 1.14. The Hall–Kier alpha value is -1.46. The van der Waals surface area contributed by atoms with Crippen LogP contribution in [0.25, 0.3) is 0 Å². The summed E-state index contributed by atoms with van der Waals surface area (Å²) in [5, 5.41) is 2.75. The maximum Gasteiger partial charge on any atom is 0.253 e. The van der Waals surface area contributed by atoms with Gasteiger partial charge >= 0.3 is 0 Å². The number of ether oxygens (including phenoxy) is 1. The minimum atomic E-state index is -0.185. The zero-order valence-electron chi connectivity index (χ0n) is 8.64. The zero-order chi connectivity index (χ0) is 11.1. The average Bonchev–Trinajstić information content (AvgIpc) is 2.29. The molecule has 0 aromatic carbocycles. The quantitative estimate of drug-likeness (QED) is 0.703. The van der Waals surface area contributed by atoms with Gasteiger partial charge in [0, 0.05) is 26.0 Å². The van der Waals surface area contributed by atoms with Crippen molar-refractivity contribution in [2.45, 2.75) is 6.04 Å². The van der Waals surface area contributed by atoms with Crippen LogP contribution >= 0.6 is 0 Å². The lowest BCUT2D eigenvalue weighted by atomic mass is 10.2. The first-order valence-corrected chi connectivity index (χ1v) is 4.67. The van der Waals surface area contributed by atoms with Crippen molar-refractivity contribution < 1.29 is 9.53 Å². The Balaban J connectivity index is 2.55. The minimum Gasteiger partial charge on any atom is -0.383 e. The number of amides is 1. The molecular formula is C10H15N3O2. The van der Waals surface area contributed by atoms with Crippen molar-refractivity contribution in [3.8, 4) is 0 Å². The van der Waals surface area contributed by atoms with Crippen molar-refractivity contribution in [2.75, 3.05) is 20.3 Å². The van der Waals surface area contributed by atoms with Crippen LogP contribution < -0.4 is 11.1 Å². The van der Waals surface area contributed by atoms with Crippen LogP contribution in [-0.2, 0) is 4.74 Å². The molecule has 0 aliphatic carbocycles. The summed E-state index contributed by atoms with van der Waals surface area (Å²) in [6.07, 6.45) is 3.13. The van der Waals surface area contributed by atoms with Gasteiger partial charge in [0.25, 0.3) is 5.91 Å². The van der Waals surface area contributed by atoms with Crippen molar-refractivity contribution >= 4 is 5.91 Å². The van der Waals surface area contributed by atoms with Gasteiger partial charge in [0.05, 0.1) is 18.2 Å². The molecule has 82 valence electrons. The number of rotatable bonds is 5. The molecule has 1 aromatic rings. The molecule has 1 heterocycles. The number of nitrogens with two attached hydrogens (primary N) is 1. The van der Waals surface area contributed by atoms with Crippen molar-refractivity contribution in [1.29, 1.82) is 0 Å². The Bertz CT molecular complexity index is 303. The Morgan fingerprint density at radius 1 is 1.73 bits per heavy atom. The van der Waals surface area contributed by atoms with E-state index >= 15 is 0 Å². The van der Waals surface area contributed by atoms with Gasteiger partial charge < -0.3 is 15.8 Å². The third-order valence-electron chi connectivity index (χ3n) is 1.91. The third-order valence-corrected chi connectivity index (χ3v) is 1.91. The highest BCUT2D eigenvalue weighted by Crippen LogP contribution is 1.96. The number of aromatic nitrogens is 1. The Labute approximate surface area is 88.6 Å². The number of carbonyl (C=O) groups is 1. The maximum atomic E-state index is 11.6. The minimum absolute atomic E-state index is 0.164. The summed E-state index contributed by atoms with van der Waals surface area (Å²) in [4.78, 5) is 15.5. The van der Waals surface area contributed by atoms with E-state index in [1.54, 1.807) is 25.4 Å². The largest absolute Gasteiger partial charge is 0.383 e. The highest BCUT2D eigenvalue weighted by Gasteiger charge is 2.11. The standard InChI is InChI=1S/C10H15N3O2/c1-15-7-9(5-11)13-10(14)8-3-2-4-12-6-8/h2-4,6,9H,5,7,11H2,1H3,(H,13,14). The van der Waals surface area contributed by atoms with Crippen LogP contribution in [0.4, 0.5) is 0 Å². The normalized spacial score (nSPS) is 12.1. The van der Waals surface area contributed by atoms with Crippen LogP contribution in [0.5, 0.6) is 0 Å². The number of hydrogen-bond acceptors (Lipinski definition) is 4. The molecule has 1 rings (SSSR count). The Morgan fingerprint density at radius 2 is 2.53 bits per heavy atom. The van der Waals surface area contributed by atoms with E-state index in [9.17, 15) is 4.79 Å². The predicted molar refractivity (Wildman–Crippen MR) is 56.4 cm³/mol. The molecule has 0 saturated heterocycles. The van der Waals surface area contributed by atoms with Gasteiger partial charge in [-0.15, -0.1) is 0 Å². The number of pyridine rings is 1. The van der Waals surface area contributed by atoms with Gasteiger partial charge in [0.1, 0.15) is 0 Å². The Morgan fingerprint density at radius 3 is 3.07 bits per heavy atom. The molecule has 1 aromatic heterocycles. The van der Waals surface area contributed by atoms with E-state index in [2.05, 4.69) is 10.3 Å². The molecule has 1 unspecified atom stereocenters.